The van der Waals surface area contributed by atoms with E-state index in [1.165, 1.54) is 79.2 Å². The van der Waals surface area contributed by atoms with Crippen molar-refractivity contribution in [2.24, 2.45) is 11.8 Å². The number of piperidine rings is 1. The number of benzene rings is 2. The molecule has 3 unspecified atom stereocenters. The van der Waals surface area contributed by atoms with Crippen LogP contribution in [-0.4, -0.2) is 42.8 Å². The molecule has 2 aromatic rings. The zero-order valence-electron chi connectivity index (χ0n) is 28.2. The second kappa shape index (κ2) is 17.3. The highest BCUT2D eigenvalue weighted by molar-refractivity contribution is 5.63. The van der Waals surface area contributed by atoms with Gasteiger partial charge >= 0.3 is 0 Å². The number of hydrogen-bond donors (Lipinski definition) is 1. The predicted octanol–water partition coefficient (Wildman–Crippen LogP) is 10.4. The lowest BCUT2D eigenvalue weighted by Gasteiger charge is -2.40. The van der Waals surface area contributed by atoms with E-state index in [1.54, 1.807) is 13.8 Å². The van der Waals surface area contributed by atoms with Crippen LogP contribution in [0.2, 0.25) is 0 Å². The zero-order chi connectivity index (χ0) is 31.4. The van der Waals surface area contributed by atoms with Crippen LogP contribution >= 0.6 is 0 Å². The third-order valence-corrected chi connectivity index (χ3v) is 10.3. The van der Waals surface area contributed by atoms with Crippen LogP contribution in [0.1, 0.15) is 95.6 Å². The molecule has 4 rings (SSSR count). The Bertz CT molecular complexity index is 1180. The number of aryl methyl sites for hydroxylation is 1. The molecule has 3 atom stereocenters. The van der Waals surface area contributed by atoms with Crippen molar-refractivity contribution in [1.29, 1.82) is 0 Å². The van der Waals surface area contributed by atoms with Gasteiger partial charge in [0.1, 0.15) is 5.67 Å². The molecular formula is C41H59FN2. The summed E-state index contributed by atoms with van der Waals surface area (Å²) in [5, 5.41) is 3.26. The van der Waals surface area contributed by atoms with Gasteiger partial charge in [-0.05, 0) is 113 Å². The third kappa shape index (κ3) is 10.8. The van der Waals surface area contributed by atoms with Gasteiger partial charge in [-0.3, -0.25) is 4.90 Å². The predicted molar refractivity (Wildman–Crippen MR) is 189 cm³/mol. The van der Waals surface area contributed by atoms with Gasteiger partial charge in [-0.2, -0.15) is 0 Å². The van der Waals surface area contributed by atoms with Gasteiger partial charge in [0.15, 0.2) is 0 Å². The van der Waals surface area contributed by atoms with Crippen LogP contribution in [0.5, 0.6) is 0 Å². The van der Waals surface area contributed by atoms with E-state index >= 15 is 0 Å². The summed E-state index contributed by atoms with van der Waals surface area (Å²) >= 11 is 0. The van der Waals surface area contributed by atoms with Gasteiger partial charge in [0.05, 0.1) is 0 Å². The van der Waals surface area contributed by atoms with Crippen LogP contribution < -0.4 is 5.32 Å². The van der Waals surface area contributed by atoms with Gasteiger partial charge in [-0.1, -0.05) is 117 Å². The topological polar surface area (TPSA) is 15.3 Å². The van der Waals surface area contributed by atoms with Crippen molar-refractivity contribution in [3.8, 4) is 11.1 Å². The number of hydrogen-bond acceptors (Lipinski definition) is 2. The molecule has 0 bridgehead atoms. The number of allylic oxidation sites excluding steroid dienone is 4. The molecule has 1 saturated carbocycles. The zero-order valence-corrected chi connectivity index (χ0v) is 28.2. The number of nitrogens with one attached hydrogen (secondary N) is 1. The van der Waals surface area contributed by atoms with E-state index in [4.69, 9.17) is 0 Å². The third-order valence-electron chi connectivity index (χ3n) is 10.3. The summed E-state index contributed by atoms with van der Waals surface area (Å²) in [6.45, 7) is 11.6. The van der Waals surface area contributed by atoms with E-state index in [2.05, 4.69) is 90.5 Å². The number of alkyl halides is 1. The summed E-state index contributed by atoms with van der Waals surface area (Å²) in [5.74, 6) is 1.55. The highest BCUT2D eigenvalue weighted by Gasteiger charge is 2.32. The molecule has 1 saturated heterocycles. The van der Waals surface area contributed by atoms with Gasteiger partial charge in [0.25, 0.3) is 0 Å². The lowest BCUT2D eigenvalue weighted by Crippen LogP contribution is -2.46. The molecule has 1 heterocycles. The first kappa shape index (κ1) is 34.4. The van der Waals surface area contributed by atoms with Crippen LogP contribution in [0, 0.1) is 18.8 Å². The summed E-state index contributed by atoms with van der Waals surface area (Å²) in [6.07, 6.45) is 23.7. The maximum absolute atomic E-state index is 14.9. The first-order valence-corrected chi connectivity index (χ1v) is 17.5. The van der Waals surface area contributed by atoms with Crippen LogP contribution in [0.3, 0.4) is 0 Å². The molecule has 0 radical (unpaired) electrons. The monoisotopic (exact) mass is 598 g/mol. The van der Waals surface area contributed by atoms with Gasteiger partial charge in [-0.25, -0.2) is 4.39 Å². The van der Waals surface area contributed by atoms with Crippen molar-refractivity contribution in [3.05, 3.63) is 96.1 Å². The van der Waals surface area contributed by atoms with Crippen molar-refractivity contribution >= 4 is 0 Å². The first-order chi connectivity index (χ1) is 21.2. The summed E-state index contributed by atoms with van der Waals surface area (Å²) in [5.41, 5.74) is 5.45. The fraction of sp³-hybridized carbons (Fsp3) is 0.561. The largest absolute Gasteiger partial charge is 0.314 e. The van der Waals surface area contributed by atoms with Crippen molar-refractivity contribution in [2.75, 3.05) is 20.1 Å². The Morgan fingerprint density at radius 2 is 1.66 bits per heavy atom. The summed E-state index contributed by atoms with van der Waals surface area (Å²) < 4.78 is 14.9. The maximum atomic E-state index is 14.9. The highest BCUT2D eigenvalue weighted by atomic mass is 19.1. The molecule has 240 valence electrons. The molecule has 0 spiro atoms. The minimum atomic E-state index is -1.23. The normalized spacial score (nSPS) is 21.5. The molecule has 2 aromatic carbocycles. The summed E-state index contributed by atoms with van der Waals surface area (Å²) in [6, 6.07) is 18.3. The molecule has 44 heavy (non-hydrogen) atoms. The van der Waals surface area contributed by atoms with E-state index in [9.17, 15) is 4.39 Å². The molecule has 2 fully saturated rings. The van der Waals surface area contributed by atoms with Crippen molar-refractivity contribution < 1.29 is 4.39 Å². The average molecular weight is 599 g/mol. The van der Waals surface area contributed by atoms with Crippen LogP contribution in [0.25, 0.3) is 11.1 Å². The lowest BCUT2D eigenvalue weighted by molar-refractivity contribution is 0.0970. The van der Waals surface area contributed by atoms with Crippen LogP contribution in [0.4, 0.5) is 4.39 Å². The summed E-state index contributed by atoms with van der Waals surface area (Å²) in [4.78, 5) is 2.66. The van der Waals surface area contributed by atoms with Crippen molar-refractivity contribution in [2.45, 2.75) is 116 Å². The Kier molecular flexibility index (Phi) is 13.5. The first-order valence-electron chi connectivity index (χ1n) is 17.5. The molecular weight excluding hydrogens is 539 g/mol. The lowest BCUT2D eigenvalue weighted by atomic mass is 9.83. The van der Waals surface area contributed by atoms with Crippen molar-refractivity contribution in [1.82, 2.24) is 10.2 Å². The minimum absolute atomic E-state index is 0.128. The van der Waals surface area contributed by atoms with E-state index in [0.29, 0.717) is 12.0 Å². The van der Waals surface area contributed by atoms with Crippen LogP contribution in [-0.2, 0) is 6.42 Å². The molecule has 1 aliphatic heterocycles. The maximum Gasteiger partial charge on any atom is 0.120 e. The SMILES string of the molecule is C=C/C=C(\C=C/CN1CCC(Cc2ccc(-c3ccc(C)cc3)cc2)CC1CCC(NC)C(C)(C)F)CCC1CCCCC1. The molecule has 0 amide bonds. The highest BCUT2D eigenvalue weighted by Crippen LogP contribution is 2.32. The average Bonchev–Trinajstić information content (AvgIpc) is 3.02. The number of rotatable bonds is 15. The fourth-order valence-corrected chi connectivity index (χ4v) is 7.57. The van der Waals surface area contributed by atoms with Gasteiger partial charge in [0.2, 0.25) is 0 Å². The van der Waals surface area contributed by atoms with Crippen molar-refractivity contribution in [3.63, 3.8) is 0 Å². The Morgan fingerprint density at radius 3 is 2.30 bits per heavy atom. The Morgan fingerprint density at radius 1 is 0.977 bits per heavy atom. The Balaban J connectivity index is 1.37. The van der Waals surface area contributed by atoms with Crippen LogP contribution in [0.15, 0.2) is 85.0 Å². The number of likely N-dealkylation sites (tertiary alicyclic amines) is 1. The minimum Gasteiger partial charge on any atom is -0.314 e. The molecule has 3 heteroatoms. The second-order valence-corrected chi connectivity index (χ2v) is 14.2. The Labute approximate surface area is 268 Å². The van der Waals surface area contributed by atoms with E-state index in [0.717, 1.165) is 44.7 Å². The molecule has 1 aliphatic carbocycles. The molecule has 0 aromatic heterocycles. The van der Waals surface area contributed by atoms with Gasteiger partial charge in [-0.15, -0.1) is 0 Å². The summed E-state index contributed by atoms with van der Waals surface area (Å²) in [7, 11) is 1.90. The van der Waals surface area contributed by atoms with Gasteiger partial charge < -0.3 is 5.32 Å². The van der Waals surface area contributed by atoms with E-state index < -0.39 is 5.67 Å². The number of nitrogens with zero attached hydrogens (tertiary/aromatic N) is 1. The Hall–Kier alpha value is -2.49. The molecule has 1 N–H and O–H groups in total. The quantitative estimate of drug-likeness (QED) is 0.205. The second-order valence-electron chi connectivity index (χ2n) is 14.2. The van der Waals surface area contributed by atoms with Gasteiger partial charge in [0, 0.05) is 18.6 Å². The fourth-order valence-electron chi connectivity index (χ4n) is 7.57. The van der Waals surface area contributed by atoms with E-state index in [1.807, 2.05) is 13.1 Å². The number of halogens is 1. The standard InChI is InChI=1S/C41H59FN2/c1-6-11-33(17-18-34-12-8-7-9-13-34)14-10-28-44-29-27-36(31-39(44)25-26-40(43-5)41(3,4)42)30-35-19-23-38(24-20-35)37-21-15-32(2)16-22-37/h6,10-11,14-16,19-24,34,36,39-40,43H,1,7-9,12-13,17-18,25-31H2,2-5H3/b14-10-,33-11+. The molecule has 2 aliphatic rings. The molecule has 2 nitrogen and oxygen atoms in total. The van der Waals surface area contributed by atoms with E-state index in [-0.39, 0.29) is 6.04 Å². The smallest absolute Gasteiger partial charge is 0.120 e.